The zero-order valence-corrected chi connectivity index (χ0v) is 13.4. The Morgan fingerprint density at radius 3 is 2.76 bits per heavy atom. The van der Waals surface area contributed by atoms with Gasteiger partial charge in [0.05, 0.1) is 15.2 Å². The molecule has 2 heterocycles. The monoisotopic (exact) mass is 320 g/mol. The van der Waals surface area contributed by atoms with E-state index in [2.05, 4.69) is 10.1 Å². The molecule has 0 saturated carbocycles. The number of para-hydroxylation sites is 1. The van der Waals surface area contributed by atoms with Crippen LogP contribution in [0.4, 0.5) is 0 Å². The summed E-state index contributed by atoms with van der Waals surface area (Å²) in [6.45, 7) is 1.89. The van der Waals surface area contributed by atoms with Gasteiger partial charge in [-0.1, -0.05) is 29.0 Å². The van der Waals surface area contributed by atoms with Crippen LogP contribution in [-0.2, 0) is 14.1 Å². The first-order chi connectivity index (χ1) is 9.97. The quantitative estimate of drug-likeness (QED) is 0.692. The predicted molar refractivity (Wildman–Crippen MR) is 83.6 cm³/mol. The molecule has 0 bridgehead atoms. The van der Waals surface area contributed by atoms with Crippen LogP contribution in [0.2, 0.25) is 5.02 Å². The first-order valence-electron chi connectivity index (χ1n) is 6.31. The van der Waals surface area contributed by atoms with Gasteiger partial charge < -0.3 is 4.57 Å². The minimum absolute atomic E-state index is 0.346. The Kier molecular flexibility index (Phi) is 3.43. The Bertz CT molecular complexity index is 899. The summed E-state index contributed by atoms with van der Waals surface area (Å²) in [5.41, 5.74) is 2.14. The van der Waals surface area contributed by atoms with E-state index in [0.29, 0.717) is 15.5 Å². The molecule has 0 aliphatic heterocycles. The maximum absolute atomic E-state index is 12.2. The maximum Gasteiger partial charge on any atom is 0.300 e. The van der Waals surface area contributed by atoms with Gasteiger partial charge in [0, 0.05) is 19.8 Å². The number of hydrogen-bond donors (Lipinski definition) is 0. The molecule has 0 aliphatic carbocycles. The minimum atomic E-state index is -0.350. The lowest BCUT2D eigenvalue weighted by Gasteiger charge is -1.97. The van der Waals surface area contributed by atoms with Gasteiger partial charge in [0.1, 0.15) is 0 Å². The van der Waals surface area contributed by atoms with Crippen molar-refractivity contribution in [1.82, 2.24) is 14.3 Å². The van der Waals surface area contributed by atoms with E-state index in [9.17, 15) is 4.79 Å². The predicted octanol–water partition coefficient (Wildman–Crippen LogP) is 2.68. The van der Waals surface area contributed by atoms with E-state index in [-0.39, 0.29) is 5.91 Å². The smallest absolute Gasteiger partial charge is 0.300 e. The van der Waals surface area contributed by atoms with Crippen molar-refractivity contribution in [3.05, 3.63) is 45.5 Å². The summed E-state index contributed by atoms with van der Waals surface area (Å²) in [5.74, 6) is -0.350. The molecule has 7 heteroatoms. The molecule has 2 aromatic heterocycles. The van der Waals surface area contributed by atoms with E-state index in [0.717, 1.165) is 15.9 Å². The number of thiazole rings is 1. The largest absolute Gasteiger partial charge is 0.318 e. The third-order valence-electron chi connectivity index (χ3n) is 3.30. The van der Waals surface area contributed by atoms with Crippen LogP contribution >= 0.6 is 22.9 Å². The number of carbonyl (C=O) groups excluding carboxylic acids is 1. The van der Waals surface area contributed by atoms with Gasteiger partial charge in [0.15, 0.2) is 10.5 Å². The number of benzene rings is 1. The SMILES string of the molecule is Cc1cc(C(=O)N=c2sc3cccc(Cl)c3n2C)nn1C. The molecule has 3 rings (SSSR count). The van der Waals surface area contributed by atoms with Crippen LogP contribution in [-0.4, -0.2) is 20.3 Å². The summed E-state index contributed by atoms with van der Waals surface area (Å²) >= 11 is 7.63. The molecule has 0 fully saturated rings. The van der Waals surface area contributed by atoms with Crippen LogP contribution in [0, 0.1) is 6.92 Å². The number of halogens is 1. The Morgan fingerprint density at radius 1 is 1.38 bits per heavy atom. The van der Waals surface area contributed by atoms with E-state index in [1.165, 1.54) is 11.3 Å². The summed E-state index contributed by atoms with van der Waals surface area (Å²) in [6.07, 6.45) is 0. The van der Waals surface area contributed by atoms with E-state index in [4.69, 9.17) is 11.6 Å². The number of aromatic nitrogens is 3. The molecule has 1 aromatic carbocycles. The van der Waals surface area contributed by atoms with Crippen molar-refractivity contribution in [2.24, 2.45) is 19.1 Å². The summed E-state index contributed by atoms with van der Waals surface area (Å²) in [4.78, 5) is 17.0. The van der Waals surface area contributed by atoms with Crippen molar-refractivity contribution in [2.75, 3.05) is 0 Å². The van der Waals surface area contributed by atoms with E-state index in [1.807, 2.05) is 36.7 Å². The Balaban J connectivity index is 2.13. The lowest BCUT2D eigenvalue weighted by molar-refractivity contribution is 0.0992. The van der Waals surface area contributed by atoms with Gasteiger partial charge >= 0.3 is 0 Å². The van der Waals surface area contributed by atoms with Crippen LogP contribution in [0.1, 0.15) is 16.2 Å². The average Bonchev–Trinajstić information content (AvgIpc) is 2.93. The molecule has 0 spiro atoms. The molecule has 1 amide bonds. The number of hydrogen-bond acceptors (Lipinski definition) is 3. The highest BCUT2D eigenvalue weighted by Crippen LogP contribution is 2.24. The molecule has 21 heavy (non-hydrogen) atoms. The first-order valence-corrected chi connectivity index (χ1v) is 7.50. The molecule has 0 N–H and O–H groups in total. The Morgan fingerprint density at radius 2 is 2.14 bits per heavy atom. The number of aryl methyl sites for hydroxylation is 3. The van der Waals surface area contributed by atoms with Gasteiger partial charge in [-0.2, -0.15) is 10.1 Å². The maximum atomic E-state index is 12.2. The van der Waals surface area contributed by atoms with Crippen LogP contribution in [0.5, 0.6) is 0 Å². The van der Waals surface area contributed by atoms with Gasteiger partial charge in [-0.15, -0.1) is 0 Å². The second-order valence-corrected chi connectivity index (χ2v) is 6.16. The van der Waals surface area contributed by atoms with Crippen molar-refractivity contribution in [3.8, 4) is 0 Å². The lowest BCUT2D eigenvalue weighted by Crippen LogP contribution is -2.13. The lowest BCUT2D eigenvalue weighted by atomic mass is 10.3. The second kappa shape index (κ2) is 5.13. The van der Waals surface area contributed by atoms with Crippen molar-refractivity contribution in [3.63, 3.8) is 0 Å². The molecule has 0 saturated heterocycles. The van der Waals surface area contributed by atoms with Crippen molar-refractivity contribution < 1.29 is 4.79 Å². The van der Waals surface area contributed by atoms with Gasteiger partial charge in [0.2, 0.25) is 0 Å². The highest BCUT2D eigenvalue weighted by Gasteiger charge is 2.12. The number of nitrogens with zero attached hydrogens (tertiary/aromatic N) is 4. The molecule has 0 radical (unpaired) electrons. The highest BCUT2D eigenvalue weighted by atomic mass is 35.5. The van der Waals surface area contributed by atoms with Crippen molar-refractivity contribution in [1.29, 1.82) is 0 Å². The number of carbonyl (C=O) groups is 1. The van der Waals surface area contributed by atoms with Crippen molar-refractivity contribution >= 4 is 39.1 Å². The summed E-state index contributed by atoms with van der Waals surface area (Å²) < 4.78 is 4.48. The number of fused-ring (bicyclic) bond motifs is 1. The molecule has 108 valence electrons. The highest BCUT2D eigenvalue weighted by molar-refractivity contribution is 7.16. The fourth-order valence-electron chi connectivity index (χ4n) is 2.07. The third-order valence-corrected chi connectivity index (χ3v) is 4.71. The second-order valence-electron chi connectivity index (χ2n) is 4.74. The minimum Gasteiger partial charge on any atom is -0.318 e. The molecule has 0 atom stereocenters. The molecular weight excluding hydrogens is 308 g/mol. The molecule has 3 aromatic rings. The molecular formula is C14H13ClN4OS. The zero-order chi connectivity index (χ0) is 15.1. The fourth-order valence-corrected chi connectivity index (χ4v) is 3.47. The summed E-state index contributed by atoms with van der Waals surface area (Å²) in [5, 5.41) is 4.80. The standard InChI is InChI=1S/C14H13ClN4OS/c1-8-7-10(17-19(8)3)13(20)16-14-18(2)12-9(15)5-4-6-11(12)21-14/h4-7H,1-3H3. The summed E-state index contributed by atoms with van der Waals surface area (Å²) in [6, 6.07) is 7.39. The fraction of sp³-hybridized carbons (Fsp3) is 0.214. The van der Waals surface area contributed by atoms with Gasteiger partial charge in [-0.05, 0) is 25.1 Å². The first kappa shape index (κ1) is 14.0. The van der Waals surface area contributed by atoms with Crippen molar-refractivity contribution in [2.45, 2.75) is 6.92 Å². The van der Waals surface area contributed by atoms with E-state index >= 15 is 0 Å². The zero-order valence-electron chi connectivity index (χ0n) is 11.8. The summed E-state index contributed by atoms with van der Waals surface area (Å²) in [7, 11) is 3.64. The molecule has 0 unspecified atom stereocenters. The van der Waals surface area contributed by atoms with Gasteiger partial charge in [-0.25, -0.2) is 0 Å². The molecule has 5 nitrogen and oxygen atoms in total. The van der Waals surface area contributed by atoms with Gasteiger partial charge in [-0.3, -0.25) is 9.48 Å². The number of rotatable bonds is 1. The van der Waals surface area contributed by atoms with Gasteiger partial charge in [0.25, 0.3) is 5.91 Å². The third kappa shape index (κ3) is 2.41. The normalized spacial score (nSPS) is 12.3. The Hall–Kier alpha value is -1.92. The van der Waals surface area contributed by atoms with E-state index < -0.39 is 0 Å². The van der Waals surface area contributed by atoms with Crippen LogP contribution in [0.25, 0.3) is 10.2 Å². The number of amides is 1. The van der Waals surface area contributed by atoms with Crippen LogP contribution in [0.3, 0.4) is 0 Å². The Labute approximate surface area is 130 Å². The van der Waals surface area contributed by atoms with Crippen LogP contribution < -0.4 is 4.80 Å². The van der Waals surface area contributed by atoms with Crippen LogP contribution in [0.15, 0.2) is 29.3 Å². The topological polar surface area (TPSA) is 52.2 Å². The average molecular weight is 321 g/mol. The molecule has 0 aliphatic rings. The van der Waals surface area contributed by atoms with E-state index in [1.54, 1.807) is 17.8 Å².